The van der Waals surface area contributed by atoms with Crippen molar-refractivity contribution in [3.8, 4) is 22.4 Å². The topological polar surface area (TPSA) is 21.4 Å². The van der Waals surface area contributed by atoms with Crippen LogP contribution in [0, 0.1) is 27.3 Å². The second kappa shape index (κ2) is 7.90. The fourth-order valence-corrected chi connectivity index (χ4v) is 4.73. The molecule has 162 valence electrons. The van der Waals surface area contributed by atoms with E-state index in [0.717, 1.165) is 38.7 Å². The normalized spacial score (nSPS) is 13.4. The molecule has 0 fully saturated rings. The van der Waals surface area contributed by atoms with Crippen molar-refractivity contribution in [1.29, 1.82) is 0 Å². The quantitative estimate of drug-likeness (QED) is 0.209. The zero-order chi connectivity index (χ0) is 26.6. The van der Waals surface area contributed by atoms with E-state index in [0.29, 0.717) is 33.7 Å². The van der Waals surface area contributed by atoms with E-state index in [-0.39, 0.29) is 12.5 Å². The van der Waals surface area contributed by atoms with Crippen molar-refractivity contribution < 1.29 is 14.5 Å². The fraction of sp³-hybridized carbons (Fsp3) is 0.200. The number of benzene rings is 3. The van der Waals surface area contributed by atoms with Gasteiger partial charge in [0.1, 0.15) is 18.2 Å². The average Bonchev–Trinajstić information content (AvgIpc) is 3.24. The molecule has 3 aromatic carbocycles. The third-order valence-corrected chi connectivity index (χ3v) is 6.63. The molecule has 0 aliphatic carbocycles. The molecule has 0 radical (unpaired) electrons. The Morgan fingerprint density at radius 2 is 1.64 bits per heavy atom. The van der Waals surface area contributed by atoms with E-state index in [1.807, 2.05) is 87.0 Å². The van der Waals surface area contributed by atoms with Crippen molar-refractivity contribution in [3.63, 3.8) is 0 Å². The largest absolute Gasteiger partial charge is 0.456 e. The molecule has 0 saturated heterocycles. The van der Waals surface area contributed by atoms with Crippen molar-refractivity contribution in [3.05, 3.63) is 94.4 Å². The monoisotopic (exact) mass is 435 g/mol. The van der Waals surface area contributed by atoms with Crippen LogP contribution < -0.4 is 4.57 Å². The summed E-state index contributed by atoms with van der Waals surface area (Å²) >= 11 is 0. The maximum absolute atomic E-state index is 9.08. The van der Waals surface area contributed by atoms with Gasteiger partial charge in [0.2, 0.25) is 5.69 Å². The van der Waals surface area contributed by atoms with E-state index in [2.05, 4.69) is 4.85 Å². The van der Waals surface area contributed by atoms with Crippen LogP contribution in [-0.2, 0) is 13.5 Å². The van der Waals surface area contributed by atoms with Crippen LogP contribution in [0.1, 0.15) is 34.7 Å². The zero-order valence-electron chi connectivity index (χ0n) is 23.2. The minimum Gasteiger partial charge on any atom is -0.456 e. The first kappa shape index (κ1) is 16.7. The van der Waals surface area contributed by atoms with E-state index in [1.54, 1.807) is 0 Å². The highest BCUT2D eigenvalue weighted by molar-refractivity contribution is 6.15. The summed E-state index contributed by atoms with van der Waals surface area (Å²) in [6, 6.07) is 17.9. The summed E-state index contributed by atoms with van der Waals surface area (Å²) in [6.45, 7) is 11.3. The van der Waals surface area contributed by atoms with Gasteiger partial charge in [0.05, 0.1) is 13.5 Å². The molecule has 2 aromatic heterocycles. The molecular formula is C30H27N2O+. The summed E-state index contributed by atoms with van der Waals surface area (Å²) in [5.41, 5.74) is 8.06. The van der Waals surface area contributed by atoms with Crippen molar-refractivity contribution >= 4 is 27.6 Å². The molecule has 2 heterocycles. The minimum absolute atomic E-state index is 0.0850. The molecule has 0 unspecified atom stereocenters. The molecule has 0 saturated carbocycles. The van der Waals surface area contributed by atoms with Gasteiger partial charge in [-0.1, -0.05) is 61.4 Å². The molecule has 0 N–H and O–H groups in total. The van der Waals surface area contributed by atoms with Gasteiger partial charge in [0.25, 0.3) is 0 Å². The lowest BCUT2D eigenvalue weighted by Gasteiger charge is -2.12. The van der Waals surface area contributed by atoms with Crippen LogP contribution in [0.2, 0.25) is 0 Å². The third-order valence-electron chi connectivity index (χ3n) is 6.63. The highest BCUT2D eigenvalue weighted by Crippen LogP contribution is 2.44. The number of hydrogen-bond donors (Lipinski definition) is 0. The van der Waals surface area contributed by atoms with Gasteiger partial charge in [0, 0.05) is 39.0 Å². The van der Waals surface area contributed by atoms with Crippen LogP contribution in [0.4, 0.5) is 5.69 Å². The first-order chi connectivity index (χ1) is 17.5. The standard InChI is InChI=1S/C30H27N2O/c1-7-22-19(3)17-26(32(6)20(22)4)27-18(2)13-14-23-24-15-16-25(31-5)28(30(24)33-29(23)27)21-11-9-8-10-12-21/h8-17H,7H2,1-4,6H3/q+1/i1D3,17D. The highest BCUT2D eigenvalue weighted by Gasteiger charge is 2.25. The van der Waals surface area contributed by atoms with E-state index in [9.17, 15) is 0 Å². The van der Waals surface area contributed by atoms with Crippen molar-refractivity contribution in [1.82, 2.24) is 0 Å². The summed E-state index contributed by atoms with van der Waals surface area (Å²) in [5.74, 6) is 0. The van der Waals surface area contributed by atoms with Crippen molar-refractivity contribution in [2.75, 3.05) is 0 Å². The molecule has 0 aliphatic rings. The number of rotatable bonds is 3. The summed E-state index contributed by atoms with van der Waals surface area (Å²) in [7, 11) is 1.87. The first-order valence-corrected chi connectivity index (χ1v) is 10.9. The molecule has 0 spiro atoms. The Bertz CT molecular complexity index is 1710. The lowest BCUT2D eigenvalue weighted by Crippen LogP contribution is -2.36. The van der Waals surface area contributed by atoms with Crippen LogP contribution in [-0.4, -0.2) is 0 Å². The molecule has 3 nitrogen and oxygen atoms in total. The molecule has 0 aliphatic heterocycles. The predicted octanol–water partition coefficient (Wildman–Crippen LogP) is 7.78. The lowest BCUT2D eigenvalue weighted by molar-refractivity contribution is -0.667. The molecule has 5 aromatic rings. The summed E-state index contributed by atoms with van der Waals surface area (Å²) < 4.78 is 40.9. The number of hydrogen-bond acceptors (Lipinski definition) is 1. The third kappa shape index (κ3) is 3.14. The van der Waals surface area contributed by atoms with Gasteiger partial charge >= 0.3 is 0 Å². The molecule has 33 heavy (non-hydrogen) atoms. The van der Waals surface area contributed by atoms with E-state index >= 15 is 0 Å². The average molecular weight is 436 g/mol. The van der Waals surface area contributed by atoms with Gasteiger partial charge in [-0.25, -0.2) is 4.85 Å². The number of nitrogens with zero attached hydrogens (tertiary/aromatic N) is 2. The van der Waals surface area contributed by atoms with Gasteiger partial charge < -0.3 is 4.42 Å². The number of aryl methyl sites for hydroxylation is 1. The second-order valence-electron chi connectivity index (χ2n) is 8.45. The van der Waals surface area contributed by atoms with Gasteiger partial charge in [0.15, 0.2) is 11.4 Å². The Hall–Kier alpha value is -3.90. The van der Waals surface area contributed by atoms with Gasteiger partial charge in [-0.15, -0.1) is 0 Å². The number of pyridine rings is 1. The van der Waals surface area contributed by atoms with E-state index in [1.165, 1.54) is 0 Å². The fourth-order valence-electron chi connectivity index (χ4n) is 4.73. The number of furan rings is 1. The summed E-state index contributed by atoms with van der Waals surface area (Å²) in [6.07, 6.45) is -0.0850. The maximum Gasteiger partial charge on any atom is 0.216 e. The van der Waals surface area contributed by atoms with Crippen molar-refractivity contribution in [2.24, 2.45) is 7.05 Å². The summed E-state index contributed by atoms with van der Waals surface area (Å²) in [4.78, 5) is 3.77. The lowest BCUT2D eigenvalue weighted by atomic mass is 9.96. The Labute approximate surface area is 200 Å². The molecule has 3 heteroatoms. The molecule has 0 atom stereocenters. The van der Waals surface area contributed by atoms with Crippen molar-refractivity contribution in [2.45, 2.75) is 34.0 Å². The highest BCUT2D eigenvalue weighted by atomic mass is 16.3. The maximum atomic E-state index is 9.08. The molecular weight excluding hydrogens is 404 g/mol. The predicted molar refractivity (Wildman–Crippen MR) is 136 cm³/mol. The van der Waals surface area contributed by atoms with Crippen LogP contribution in [0.15, 0.2) is 65.1 Å². The SMILES string of the molecule is [2H]c1c(C)c(CC([2H])([2H])[2H])c(C)[n+](C)c1-c1c(C)ccc2c1oc1c(-c3ccccc3)c([N+]#[C-])ccc12. The molecule has 0 amide bonds. The molecule has 0 bridgehead atoms. The first-order valence-electron chi connectivity index (χ1n) is 12.9. The zero-order valence-corrected chi connectivity index (χ0v) is 19.2. The van der Waals surface area contributed by atoms with Crippen LogP contribution >= 0.6 is 0 Å². The minimum atomic E-state index is -2.13. The Morgan fingerprint density at radius 1 is 0.939 bits per heavy atom. The van der Waals surface area contributed by atoms with Crippen LogP contribution in [0.5, 0.6) is 0 Å². The van der Waals surface area contributed by atoms with Crippen LogP contribution in [0.25, 0.3) is 49.2 Å². The Balaban J connectivity index is 1.88. The van der Waals surface area contributed by atoms with E-state index < -0.39 is 6.85 Å². The van der Waals surface area contributed by atoms with Gasteiger partial charge in [-0.2, -0.15) is 4.57 Å². The molecule has 5 rings (SSSR count). The Kier molecular flexibility index (Phi) is 4.00. The Morgan fingerprint density at radius 3 is 2.33 bits per heavy atom. The smallest absolute Gasteiger partial charge is 0.216 e. The van der Waals surface area contributed by atoms with E-state index in [4.69, 9.17) is 16.5 Å². The second-order valence-corrected chi connectivity index (χ2v) is 8.45. The number of fused-ring (bicyclic) bond motifs is 3. The number of aromatic nitrogens is 1. The van der Waals surface area contributed by atoms with Crippen LogP contribution in [0.3, 0.4) is 0 Å². The van der Waals surface area contributed by atoms with Gasteiger partial charge in [-0.05, 0) is 37.0 Å². The summed E-state index contributed by atoms with van der Waals surface area (Å²) in [5, 5.41) is 1.81. The van der Waals surface area contributed by atoms with Gasteiger partial charge in [-0.3, -0.25) is 0 Å².